The molecule has 0 aliphatic carbocycles. The lowest BCUT2D eigenvalue weighted by Gasteiger charge is -2.25. The molecule has 0 aliphatic heterocycles. The topological polar surface area (TPSA) is 29.0 Å². The molecular weight excluding hydrogens is 246 g/mol. The van der Waals surface area contributed by atoms with Crippen molar-refractivity contribution in [3.63, 3.8) is 0 Å². The van der Waals surface area contributed by atoms with E-state index in [0.717, 1.165) is 24.6 Å². The highest BCUT2D eigenvalue weighted by Gasteiger charge is 2.12. The molecule has 4 heteroatoms. The van der Waals surface area contributed by atoms with Gasteiger partial charge in [0.15, 0.2) is 0 Å². The van der Waals surface area contributed by atoms with E-state index in [0.29, 0.717) is 11.2 Å². The first-order valence-corrected chi connectivity index (χ1v) is 7.14. The number of hydrogen-bond acceptors (Lipinski definition) is 3. The minimum atomic E-state index is 0.504. The zero-order valence-corrected chi connectivity index (χ0v) is 12.7. The van der Waals surface area contributed by atoms with Crippen molar-refractivity contribution in [2.24, 2.45) is 0 Å². The molecule has 0 unspecified atom stereocenters. The van der Waals surface area contributed by atoms with Gasteiger partial charge in [0.1, 0.15) is 11.0 Å². The van der Waals surface area contributed by atoms with E-state index in [-0.39, 0.29) is 0 Å². The maximum atomic E-state index is 5.97. The molecule has 0 spiro atoms. The fourth-order valence-corrected chi connectivity index (χ4v) is 2.18. The van der Waals surface area contributed by atoms with Crippen LogP contribution in [0, 0.1) is 6.92 Å². The standard InChI is InChI=1S/C14H24ClN3/c1-5-6-7-8-18(11(2)3)10-14-16-12(4)9-13(15)17-14/h9,11H,5-8,10H2,1-4H3. The molecule has 1 aromatic heterocycles. The first-order valence-electron chi connectivity index (χ1n) is 6.77. The maximum Gasteiger partial charge on any atom is 0.144 e. The van der Waals surface area contributed by atoms with Gasteiger partial charge in [-0.15, -0.1) is 0 Å². The van der Waals surface area contributed by atoms with Crippen LogP contribution in [0.5, 0.6) is 0 Å². The maximum absolute atomic E-state index is 5.97. The van der Waals surface area contributed by atoms with Crippen LogP contribution in [0.1, 0.15) is 51.6 Å². The SMILES string of the molecule is CCCCCN(Cc1nc(C)cc(Cl)n1)C(C)C. The molecule has 3 nitrogen and oxygen atoms in total. The van der Waals surface area contributed by atoms with Crippen LogP contribution >= 0.6 is 11.6 Å². The molecule has 102 valence electrons. The third-order valence-corrected chi connectivity index (χ3v) is 3.19. The second-order valence-electron chi connectivity index (χ2n) is 5.02. The third kappa shape index (κ3) is 5.32. The number of rotatable bonds is 7. The van der Waals surface area contributed by atoms with Crippen molar-refractivity contribution in [1.29, 1.82) is 0 Å². The summed E-state index contributed by atoms with van der Waals surface area (Å²) in [6, 6.07) is 2.30. The van der Waals surface area contributed by atoms with E-state index in [9.17, 15) is 0 Å². The van der Waals surface area contributed by atoms with Crippen LogP contribution in [0.4, 0.5) is 0 Å². The molecule has 0 atom stereocenters. The van der Waals surface area contributed by atoms with E-state index in [1.165, 1.54) is 19.3 Å². The lowest BCUT2D eigenvalue weighted by molar-refractivity contribution is 0.203. The summed E-state index contributed by atoms with van der Waals surface area (Å²) in [5.41, 5.74) is 0.933. The Kier molecular flexibility index (Phi) is 6.58. The van der Waals surface area contributed by atoms with Crippen LogP contribution < -0.4 is 0 Å². The van der Waals surface area contributed by atoms with E-state index in [2.05, 4.69) is 35.6 Å². The highest BCUT2D eigenvalue weighted by molar-refractivity contribution is 6.29. The summed E-state index contributed by atoms with van der Waals surface area (Å²) in [7, 11) is 0. The number of aryl methyl sites for hydroxylation is 1. The number of hydrogen-bond donors (Lipinski definition) is 0. The Morgan fingerprint density at radius 2 is 2.00 bits per heavy atom. The smallest absolute Gasteiger partial charge is 0.144 e. The summed E-state index contributed by atoms with van der Waals surface area (Å²) in [6.45, 7) is 10.5. The Bertz CT molecular complexity index is 346. The van der Waals surface area contributed by atoms with Gasteiger partial charge in [0, 0.05) is 11.7 Å². The minimum Gasteiger partial charge on any atom is -0.294 e. The summed E-state index contributed by atoms with van der Waals surface area (Å²) < 4.78 is 0. The van der Waals surface area contributed by atoms with Gasteiger partial charge in [0.2, 0.25) is 0 Å². The largest absolute Gasteiger partial charge is 0.294 e. The van der Waals surface area contributed by atoms with E-state index < -0.39 is 0 Å². The number of halogens is 1. The van der Waals surface area contributed by atoms with Crippen LogP contribution in [0.3, 0.4) is 0 Å². The quantitative estimate of drug-likeness (QED) is 0.556. The Balaban J connectivity index is 2.64. The fraction of sp³-hybridized carbons (Fsp3) is 0.714. The van der Waals surface area contributed by atoms with Crippen molar-refractivity contribution in [2.75, 3.05) is 6.54 Å². The fourth-order valence-electron chi connectivity index (χ4n) is 1.93. The van der Waals surface area contributed by atoms with Gasteiger partial charge in [0.25, 0.3) is 0 Å². The molecule has 1 aromatic rings. The van der Waals surface area contributed by atoms with Crippen LogP contribution in [0.2, 0.25) is 5.15 Å². The van der Waals surface area contributed by atoms with Gasteiger partial charge in [-0.3, -0.25) is 4.90 Å². The van der Waals surface area contributed by atoms with Gasteiger partial charge < -0.3 is 0 Å². The molecule has 0 aromatic carbocycles. The molecule has 1 heterocycles. The van der Waals surface area contributed by atoms with Gasteiger partial charge in [-0.05, 0) is 39.8 Å². The second-order valence-corrected chi connectivity index (χ2v) is 5.41. The number of nitrogens with zero attached hydrogens (tertiary/aromatic N) is 3. The van der Waals surface area contributed by atoms with Gasteiger partial charge in [0.05, 0.1) is 6.54 Å². The average Bonchev–Trinajstić information content (AvgIpc) is 2.26. The molecule has 1 rings (SSSR count). The average molecular weight is 270 g/mol. The van der Waals surface area contributed by atoms with Crippen LogP contribution in [0.15, 0.2) is 6.07 Å². The summed E-state index contributed by atoms with van der Waals surface area (Å²) in [5, 5.41) is 0.537. The lowest BCUT2D eigenvalue weighted by Crippen LogP contribution is -2.32. The van der Waals surface area contributed by atoms with Gasteiger partial charge in [-0.25, -0.2) is 9.97 Å². The molecule has 0 radical (unpaired) electrons. The van der Waals surface area contributed by atoms with E-state index in [1.807, 2.05) is 6.92 Å². The lowest BCUT2D eigenvalue weighted by atomic mass is 10.2. The number of aromatic nitrogens is 2. The zero-order chi connectivity index (χ0) is 13.5. The monoisotopic (exact) mass is 269 g/mol. The molecular formula is C14H24ClN3. The second kappa shape index (κ2) is 7.70. The van der Waals surface area contributed by atoms with E-state index in [4.69, 9.17) is 11.6 Å². The Labute approximate surface area is 116 Å². The molecule has 0 amide bonds. The minimum absolute atomic E-state index is 0.504. The molecule has 0 aliphatic rings. The summed E-state index contributed by atoms with van der Waals surface area (Å²) in [5.74, 6) is 0.824. The van der Waals surface area contributed by atoms with Crippen LogP contribution in [-0.2, 0) is 6.54 Å². The predicted molar refractivity (Wildman–Crippen MR) is 76.9 cm³/mol. The molecule has 0 bridgehead atoms. The third-order valence-electron chi connectivity index (χ3n) is 2.99. The molecule has 0 N–H and O–H groups in total. The van der Waals surface area contributed by atoms with Crippen molar-refractivity contribution in [3.05, 3.63) is 22.7 Å². The van der Waals surface area contributed by atoms with Gasteiger partial charge in [-0.1, -0.05) is 31.4 Å². The molecule has 0 fully saturated rings. The van der Waals surface area contributed by atoms with Gasteiger partial charge >= 0.3 is 0 Å². The first-order chi connectivity index (χ1) is 8.52. The van der Waals surface area contributed by atoms with Crippen molar-refractivity contribution in [1.82, 2.24) is 14.9 Å². The Morgan fingerprint density at radius 3 is 2.56 bits per heavy atom. The van der Waals surface area contributed by atoms with Crippen LogP contribution in [-0.4, -0.2) is 27.5 Å². The normalized spacial score (nSPS) is 11.5. The van der Waals surface area contributed by atoms with Crippen LogP contribution in [0.25, 0.3) is 0 Å². The predicted octanol–water partition coefficient (Wildman–Crippen LogP) is 3.84. The van der Waals surface area contributed by atoms with Crippen molar-refractivity contribution in [2.45, 2.75) is 59.5 Å². The Morgan fingerprint density at radius 1 is 1.28 bits per heavy atom. The molecule has 0 saturated heterocycles. The van der Waals surface area contributed by atoms with Gasteiger partial charge in [-0.2, -0.15) is 0 Å². The Hall–Kier alpha value is -0.670. The zero-order valence-electron chi connectivity index (χ0n) is 11.9. The molecule has 18 heavy (non-hydrogen) atoms. The first kappa shape index (κ1) is 15.4. The summed E-state index contributed by atoms with van der Waals surface area (Å²) >= 11 is 5.97. The van der Waals surface area contributed by atoms with Crippen molar-refractivity contribution in [3.8, 4) is 0 Å². The number of unbranched alkanes of at least 4 members (excludes halogenated alkanes) is 2. The van der Waals surface area contributed by atoms with E-state index in [1.54, 1.807) is 6.07 Å². The summed E-state index contributed by atoms with van der Waals surface area (Å²) in [6.07, 6.45) is 3.76. The highest BCUT2D eigenvalue weighted by Crippen LogP contribution is 2.11. The van der Waals surface area contributed by atoms with Crippen molar-refractivity contribution >= 4 is 11.6 Å². The molecule has 0 saturated carbocycles. The highest BCUT2D eigenvalue weighted by atomic mass is 35.5. The van der Waals surface area contributed by atoms with Crippen molar-refractivity contribution < 1.29 is 0 Å². The summed E-state index contributed by atoms with van der Waals surface area (Å²) in [4.78, 5) is 11.1. The van der Waals surface area contributed by atoms with E-state index >= 15 is 0 Å².